The third-order valence-electron chi connectivity index (χ3n) is 4.48. The average Bonchev–Trinajstić information content (AvgIpc) is 3.22. The largest absolute Gasteiger partial charge is 0.493 e. The molecule has 0 aliphatic carbocycles. The van der Waals surface area contributed by atoms with Crippen molar-refractivity contribution >= 4 is 33.3 Å². The minimum Gasteiger partial charge on any atom is -0.493 e. The first-order valence-electron chi connectivity index (χ1n) is 9.06. The van der Waals surface area contributed by atoms with Crippen molar-refractivity contribution in [2.45, 2.75) is 0 Å². The third-order valence-corrected chi connectivity index (χ3v) is 5.51. The first-order chi connectivity index (χ1) is 14.6. The summed E-state index contributed by atoms with van der Waals surface area (Å²) in [5, 5.41) is 3.76. The van der Waals surface area contributed by atoms with Gasteiger partial charge in [-0.2, -0.15) is 0 Å². The Morgan fingerprint density at radius 2 is 1.67 bits per heavy atom. The molecule has 0 aliphatic heterocycles. The van der Waals surface area contributed by atoms with Crippen molar-refractivity contribution in [2.75, 3.05) is 26.6 Å². The molecule has 0 spiro atoms. The average molecular weight is 421 g/mol. The van der Waals surface area contributed by atoms with Crippen LogP contribution in [0.4, 0.5) is 5.69 Å². The Morgan fingerprint density at radius 3 is 2.27 bits per heavy atom. The van der Waals surface area contributed by atoms with Crippen molar-refractivity contribution < 1.29 is 19.0 Å². The predicted molar refractivity (Wildman–Crippen MR) is 117 cm³/mol. The smallest absolute Gasteiger partial charge is 0.255 e. The topological polar surface area (TPSA) is 82.6 Å². The lowest BCUT2D eigenvalue weighted by Crippen LogP contribution is -2.12. The van der Waals surface area contributed by atoms with E-state index >= 15 is 0 Å². The van der Waals surface area contributed by atoms with Gasteiger partial charge in [-0.3, -0.25) is 4.79 Å². The second-order valence-corrected chi connectivity index (χ2v) is 7.27. The molecule has 1 amide bonds. The molecule has 0 unspecified atom stereocenters. The van der Waals surface area contributed by atoms with Crippen LogP contribution in [0.3, 0.4) is 0 Å². The molecule has 0 fully saturated rings. The van der Waals surface area contributed by atoms with Crippen LogP contribution >= 0.6 is 11.3 Å². The fraction of sp³-hybridized carbons (Fsp3) is 0.136. The van der Waals surface area contributed by atoms with E-state index in [9.17, 15) is 4.79 Å². The number of hydrogen-bond acceptors (Lipinski definition) is 7. The zero-order chi connectivity index (χ0) is 21.1. The van der Waals surface area contributed by atoms with Crippen LogP contribution < -0.4 is 19.5 Å². The molecule has 8 heteroatoms. The Labute approximate surface area is 177 Å². The van der Waals surface area contributed by atoms with E-state index in [2.05, 4.69) is 15.3 Å². The molecule has 2 aromatic carbocycles. The van der Waals surface area contributed by atoms with Crippen molar-refractivity contribution in [2.24, 2.45) is 0 Å². The molecule has 0 bridgehead atoms. The molecule has 0 saturated carbocycles. The number of aromatic nitrogens is 2. The number of thiazole rings is 1. The minimum absolute atomic E-state index is 0.286. The summed E-state index contributed by atoms with van der Waals surface area (Å²) in [7, 11) is 4.54. The summed E-state index contributed by atoms with van der Waals surface area (Å²) in [6.07, 6.45) is 1.76. The van der Waals surface area contributed by atoms with Gasteiger partial charge in [-0.05, 0) is 48.5 Å². The fourth-order valence-electron chi connectivity index (χ4n) is 3.00. The quantitative estimate of drug-likeness (QED) is 0.489. The van der Waals surface area contributed by atoms with Crippen LogP contribution in [-0.4, -0.2) is 37.2 Å². The zero-order valence-corrected chi connectivity index (χ0v) is 17.4. The van der Waals surface area contributed by atoms with Crippen molar-refractivity contribution in [1.82, 2.24) is 9.97 Å². The monoisotopic (exact) mass is 421 g/mol. The van der Waals surface area contributed by atoms with Gasteiger partial charge in [0, 0.05) is 23.0 Å². The van der Waals surface area contributed by atoms with E-state index in [1.165, 1.54) is 32.7 Å². The highest BCUT2D eigenvalue weighted by molar-refractivity contribution is 7.21. The molecule has 0 radical (unpaired) electrons. The Kier molecular flexibility index (Phi) is 5.49. The lowest BCUT2D eigenvalue weighted by Gasteiger charge is -2.14. The van der Waals surface area contributed by atoms with E-state index in [-0.39, 0.29) is 5.91 Å². The Balaban J connectivity index is 1.55. The summed E-state index contributed by atoms with van der Waals surface area (Å²) >= 11 is 1.53. The summed E-state index contributed by atoms with van der Waals surface area (Å²) < 4.78 is 15.9. The number of pyridine rings is 1. The standard InChI is InChI=1S/C22H19N3O4S/c1-27-17-11-14(12-18(28-2)19(17)29-3)20(26)24-15-8-6-13(7-9-15)21-25-16-5-4-10-23-22(16)30-21/h4-12H,1-3H3,(H,24,26). The zero-order valence-electron chi connectivity index (χ0n) is 16.6. The second-order valence-electron chi connectivity index (χ2n) is 6.29. The molecule has 4 aromatic rings. The summed E-state index contributed by atoms with van der Waals surface area (Å²) in [6, 6.07) is 14.5. The molecular weight excluding hydrogens is 402 g/mol. The number of carbonyl (C=O) groups is 1. The van der Waals surface area contributed by atoms with Crippen LogP contribution in [0, 0.1) is 0 Å². The number of amides is 1. The van der Waals surface area contributed by atoms with Crippen LogP contribution in [0.15, 0.2) is 54.7 Å². The number of nitrogens with zero attached hydrogens (tertiary/aromatic N) is 2. The van der Waals surface area contributed by atoms with E-state index in [1.54, 1.807) is 18.3 Å². The van der Waals surface area contributed by atoms with E-state index in [1.807, 2.05) is 36.4 Å². The maximum atomic E-state index is 12.7. The Hall–Kier alpha value is -3.65. The third kappa shape index (κ3) is 3.77. The van der Waals surface area contributed by atoms with Crippen LogP contribution in [0.25, 0.3) is 20.9 Å². The molecule has 152 valence electrons. The highest BCUT2D eigenvalue weighted by Gasteiger charge is 2.17. The van der Waals surface area contributed by atoms with Gasteiger partial charge >= 0.3 is 0 Å². The van der Waals surface area contributed by atoms with E-state index in [0.717, 1.165) is 20.9 Å². The molecule has 2 aromatic heterocycles. The van der Waals surface area contributed by atoms with Crippen LogP contribution in [-0.2, 0) is 0 Å². The number of fused-ring (bicyclic) bond motifs is 1. The van der Waals surface area contributed by atoms with Gasteiger partial charge in [-0.1, -0.05) is 11.3 Å². The maximum Gasteiger partial charge on any atom is 0.255 e. The number of benzene rings is 2. The first kappa shape index (κ1) is 19.7. The number of methoxy groups -OCH3 is 3. The van der Waals surface area contributed by atoms with Gasteiger partial charge in [0.25, 0.3) is 5.91 Å². The molecule has 0 atom stereocenters. The number of rotatable bonds is 6. The van der Waals surface area contributed by atoms with Crippen LogP contribution in [0.2, 0.25) is 0 Å². The van der Waals surface area contributed by atoms with E-state index < -0.39 is 0 Å². The normalized spacial score (nSPS) is 10.6. The summed E-state index contributed by atoms with van der Waals surface area (Å²) in [5.74, 6) is 0.987. The minimum atomic E-state index is -0.286. The fourth-order valence-corrected chi connectivity index (χ4v) is 3.92. The number of anilines is 1. The molecule has 1 N–H and O–H groups in total. The molecular formula is C22H19N3O4S. The number of ether oxygens (including phenoxy) is 3. The van der Waals surface area contributed by atoms with E-state index in [4.69, 9.17) is 14.2 Å². The van der Waals surface area contributed by atoms with Gasteiger partial charge < -0.3 is 19.5 Å². The lowest BCUT2D eigenvalue weighted by atomic mass is 10.1. The second kappa shape index (κ2) is 8.38. The van der Waals surface area contributed by atoms with Gasteiger partial charge in [0.15, 0.2) is 11.5 Å². The molecule has 7 nitrogen and oxygen atoms in total. The van der Waals surface area contributed by atoms with E-state index in [0.29, 0.717) is 28.5 Å². The van der Waals surface area contributed by atoms with Crippen LogP contribution in [0.5, 0.6) is 17.2 Å². The maximum absolute atomic E-state index is 12.7. The molecule has 0 aliphatic rings. The summed E-state index contributed by atoms with van der Waals surface area (Å²) in [4.78, 5) is 22.6. The van der Waals surface area contributed by atoms with Crippen molar-refractivity contribution in [3.63, 3.8) is 0 Å². The summed E-state index contributed by atoms with van der Waals surface area (Å²) in [6.45, 7) is 0. The van der Waals surface area contributed by atoms with Crippen molar-refractivity contribution in [3.05, 3.63) is 60.3 Å². The predicted octanol–water partition coefficient (Wildman–Crippen LogP) is 4.64. The van der Waals surface area contributed by atoms with Gasteiger partial charge in [-0.25, -0.2) is 9.97 Å². The SMILES string of the molecule is COc1cc(C(=O)Nc2ccc(-c3nc4cccnc4s3)cc2)cc(OC)c1OC. The molecule has 30 heavy (non-hydrogen) atoms. The molecule has 4 rings (SSSR count). The highest BCUT2D eigenvalue weighted by atomic mass is 32.1. The lowest BCUT2D eigenvalue weighted by molar-refractivity contribution is 0.102. The molecule has 2 heterocycles. The van der Waals surface area contributed by atoms with Crippen LogP contribution in [0.1, 0.15) is 10.4 Å². The van der Waals surface area contributed by atoms with Crippen molar-refractivity contribution in [1.29, 1.82) is 0 Å². The first-order valence-corrected chi connectivity index (χ1v) is 9.88. The Bertz CT molecular complexity index is 1150. The number of carbonyl (C=O) groups excluding carboxylic acids is 1. The van der Waals surface area contributed by atoms with Gasteiger partial charge in [0.1, 0.15) is 15.4 Å². The van der Waals surface area contributed by atoms with Gasteiger partial charge in [0.05, 0.1) is 21.3 Å². The number of hydrogen-bond donors (Lipinski definition) is 1. The molecule has 0 saturated heterocycles. The summed E-state index contributed by atoms with van der Waals surface area (Å²) in [5.41, 5.74) is 2.89. The van der Waals surface area contributed by atoms with Gasteiger partial charge in [0.2, 0.25) is 5.75 Å². The van der Waals surface area contributed by atoms with Gasteiger partial charge in [-0.15, -0.1) is 0 Å². The van der Waals surface area contributed by atoms with Crippen molar-refractivity contribution in [3.8, 4) is 27.8 Å². The highest BCUT2D eigenvalue weighted by Crippen LogP contribution is 2.38. The Morgan fingerprint density at radius 1 is 0.967 bits per heavy atom. The number of nitrogens with one attached hydrogen (secondary N) is 1.